The highest BCUT2D eigenvalue weighted by atomic mass is 16.5. The van der Waals surface area contributed by atoms with Gasteiger partial charge in [-0.25, -0.2) is 0 Å². The van der Waals surface area contributed by atoms with E-state index < -0.39 is 0 Å². The smallest absolute Gasteiger partial charge is 0.306 e. The van der Waals surface area contributed by atoms with E-state index in [1.54, 1.807) is 0 Å². The maximum absolute atomic E-state index is 12.6. The monoisotopic (exact) mass is 621 g/mol. The first-order chi connectivity index (χ1) is 21.6. The molecule has 5 nitrogen and oxygen atoms in total. The highest BCUT2D eigenvalue weighted by molar-refractivity contribution is 5.77. The van der Waals surface area contributed by atoms with Gasteiger partial charge in [-0.05, 0) is 32.1 Å². The fraction of sp³-hybridized carbons (Fsp3) is 0.923. The Morgan fingerprint density at radius 1 is 0.545 bits per heavy atom. The summed E-state index contributed by atoms with van der Waals surface area (Å²) in [5.74, 6) is -0.212. The second-order valence-electron chi connectivity index (χ2n) is 13.3. The van der Waals surface area contributed by atoms with Crippen LogP contribution in [0.2, 0.25) is 0 Å². The van der Waals surface area contributed by atoms with Crippen molar-refractivity contribution in [2.24, 2.45) is 0 Å². The van der Waals surface area contributed by atoms with Crippen LogP contribution in [0.3, 0.4) is 0 Å². The number of carbonyl (C=O) groups is 2. The number of esters is 1. The molecule has 0 aliphatic heterocycles. The molecule has 0 rings (SSSR count). The van der Waals surface area contributed by atoms with E-state index in [9.17, 15) is 14.4 Å². The third-order valence-electron chi connectivity index (χ3n) is 8.85. The fourth-order valence-electron chi connectivity index (χ4n) is 5.95. The predicted octanol–water partition coefficient (Wildman–Crippen LogP) is 11.6. The lowest BCUT2D eigenvalue weighted by molar-refractivity contribution is -0.151. The highest BCUT2D eigenvalue weighted by Gasteiger charge is 2.18. The summed E-state index contributed by atoms with van der Waals surface area (Å²) < 4.78 is 5.83. The first-order valence-electron chi connectivity index (χ1n) is 19.4. The molecule has 1 unspecified atom stereocenters. The summed E-state index contributed by atoms with van der Waals surface area (Å²) >= 11 is 0. The van der Waals surface area contributed by atoms with Gasteiger partial charge in [0.1, 0.15) is 6.10 Å². The molecular weight excluding hydrogens is 546 g/mol. The number of unbranched alkanes of at least 4 members (excludes halogenated alkanes) is 26. The lowest BCUT2D eigenvalue weighted by Crippen LogP contribution is -2.30. The zero-order valence-corrected chi connectivity index (χ0v) is 29.5. The van der Waals surface area contributed by atoms with Crippen LogP contribution in [0.5, 0.6) is 0 Å². The largest absolute Gasteiger partial charge is 0.462 e. The Labute approximate surface area is 274 Å². The summed E-state index contributed by atoms with van der Waals surface area (Å²) in [5, 5.41) is 2.93. The van der Waals surface area contributed by atoms with Crippen molar-refractivity contribution < 1.29 is 19.1 Å². The Morgan fingerprint density at radius 3 is 1.39 bits per heavy atom. The van der Waals surface area contributed by atoms with Crippen molar-refractivity contribution >= 4 is 18.2 Å². The van der Waals surface area contributed by atoms with Crippen molar-refractivity contribution in [3.63, 3.8) is 0 Å². The van der Waals surface area contributed by atoms with Crippen LogP contribution in [0.15, 0.2) is 0 Å². The zero-order chi connectivity index (χ0) is 32.2. The number of hydrogen-bond donors (Lipinski definition) is 1. The number of amides is 1. The van der Waals surface area contributed by atoms with Crippen molar-refractivity contribution in [1.29, 1.82) is 0 Å². The van der Waals surface area contributed by atoms with Crippen molar-refractivity contribution in [3.05, 3.63) is 0 Å². The van der Waals surface area contributed by atoms with Crippen molar-refractivity contribution in [1.82, 2.24) is 5.32 Å². The Morgan fingerprint density at radius 2 is 0.955 bits per heavy atom. The SMILES string of the molecule is CCCCCCCCCCCCCCCC(=O)OC(CCCCCCCCCCCCCCC)CC(=O)NCCCC[C]=O. The molecule has 0 heterocycles. The molecule has 0 aliphatic rings. The summed E-state index contributed by atoms with van der Waals surface area (Å²) in [6.07, 6.45) is 38.5. The average Bonchev–Trinajstić information content (AvgIpc) is 3.01. The van der Waals surface area contributed by atoms with Crippen LogP contribution < -0.4 is 5.32 Å². The third-order valence-corrected chi connectivity index (χ3v) is 8.85. The molecule has 0 bridgehead atoms. The molecule has 0 saturated carbocycles. The summed E-state index contributed by atoms with van der Waals surface area (Å²) in [6.45, 7) is 5.09. The van der Waals surface area contributed by atoms with E-state index in [4.69, 9.17) is 4.74 Å². The van der Waals surface area contributed by atoms with E-state index in [0.717, 1.165) is 44.9 Å². The normalized spacial score (nSPS) is 11.9. The summed E-state index contributed by atoms with van der Waals surface area (Å²) in [6, 6.07) is 0. The minimum absolute atomic E-state index is 0.0615. The van der Waals surface area contributed by atoms with Gasteiger partial charge in [-0.3, -0.25) is 14.4 Å². The van der Waals surface area contributed by atoms with Gasteiger partial charge >= 0.3 is 5.97 Å². The van der Waals surface area contributed by atoms with Crippen LogP contribution in [0.4, 0.5) is 0 Å². The van der Waals surface area contributed by atoms with E-state index in [1.807, 2.05) is 6.29 Å². The van der Waals surface area contributed by atoms with E-state index in [1.165, 1.54) is 141 Å². The zero-order valence-electron chi connectivity index (χ0n) is 29.5. The van der Waals surface area contributed by atoms with Crippen LogP contribution in [0.1, 0.15) is 219 Å². The molecule has 0 aromatic rings. The van der Waals surface area contributed by atoms with Crippen molar-refractivity contribution in [2.45, 2.75) is 225 Å². The molecule has 1 amide bonds. The molecule has 0 saturated heterocycles. The van der Waals surface area contributed by atoms with Gasteiger partial charge in [-0.15, -0.1) is 0 Å². The average molecular weight is 621 g/mol. The van der Waals surface area contributed by atoms with Gasteiger partial charge in [0.2, 0.25) is 5.91 Å². The minimum Gasteiger partial charge on any atom is -0.462 e. The molecule has 0 aromatic carbocycles. The Balaban J connectivity index is 4.09. The predicted molar refractivity (Wildman–Crippen MR) is 188 cm³/mol. The van der Waals surface area contributed by atoms with Gasteiger partial charge in [0, 0.05) is 19.4 Å². The Kier molecular flexibility index (Phi) is 34.9. The lowest BCUT2D eigenvalue weighted by Gasteiger charge is -2.18. The topological polar surface area (TPSA) is 72.5 Å². The number of ether oxygens (including phenoxy) is 1. The maximum Gasteiger partial charge on any atom is 0.306 e. The molecular formula is C39H74NO4. The molecule has 5 heteroatoms. The van der Waals surface area contributed by atoms with Crippen LogP contribution in [0, 0.1) is 0 Å². The first-order valence-corrected chi connectivity index (χ1v) is 19.4. The summed E-state index contributed by atoms with van der Waals surface area (Å²) in [4.78, 5) is 35.5. The second kappa shape index (κ2) is 36.1. The number of carbonyl (C=O) groups excluding carboxylic acids is 3. The van der Waals surface area contributed by atoms with Gasteiger partial charge in [0.15, 0.2) is 6.29 Å². The quantitative estimate of drug-likeness (QED) is 0.0558. The number of rotatable bonds is 36. The molecule has 0 aromatic heterocycles. The van der Waals surface area contributed by atoms with Crippen LogP contribution in [-0.2, 0) is 19.1 Å². The molecule has 1 radical (unpaired) electrons. The molecule has 44 heavy (non-hydrogen) atoms. The third kappa shape index (κ3) is 33.5. The Bertz CT molecular complexity index is 623. The summed E-state index contributed by atoms with van der Waals surface area (Å²) in [7, 11) is 0. The standard InChI is InChI=1S/C39H74NO4/c1-3-5-7-9-11-13-15-17-19-21-23-25-28-32-37(36-38(42)40-34-30-27-31-35-41)44-39(43)33-29-26-24-22-20-18-16-14-12-10-8-6-4-2/h37H,3-34,36H2,1-2H3,(H,40,42). The van der Waals surface area contributed by atoms with E-state index in [2.05, 4.69) is 19.2 Å². The van der Waals surface area contributed by atoms with Crippen LogP contribution in [0.25, 0.3) is 0 Å². The molecule has 0 aliphatic carbocycles. The molecule has 1 atom stereocenters. The van der Waals surface area contributed by atoms with Crippen LogP contribution in [-0.4, -0.2) is 30.8 Å². The first kappa shape index (κ1) is 42.6. The van der Waals surface area contributed by atoms with Gasteiger partial charge in [0.25, 0.3) is 0 Å². The maximum atomic E-state index is 12.6. The fourth-order valence-corrected chi connectivity index (χ4v) is 5.95. The molecule has 0 fully saturated rings. The van der Waals surface area contributed by atoms with Crippen LogP contribution >= 0.6 is 0 Å². The van der Waals surface area contributed by atoms with E-state index in [-0.39, 0.29) is 24.4 Å². The van der Waals surface area contributed by atoms with Gasteiger partial charge in [-0.2, -0.15) is 0 Å². The second-order valence-corrected chi connectivity index (χ2v) is 13.3. The number of hydrogen-bond acceptors (Lipinski definition) is 4. The van der Waals surface area contributed by atoms with Gasteiger partial charge < -0.3 is 10.1 Å². The van der Waals surface area contributed by atoms with Gasteiger partial charge in [0.05, 0.1) is 6.42 Å². The Hall–Kier alpha value is -1.39. The van der Waals surface area contributed by atoms with E-state index >= 15 is 0 Å². The highest BCUT2D eigenvalue weighted by Crippen LogP contribution is 2.17. The number of nitrogens with one attached hydrogen (secondary N) is 1. The lowest BCUT2D eigenvalue weighted by atomic mass is 10.0. The minimum atomic E-state index is -0.333. The van der Waals surface area contributed by atoms with Crippen molar-refractivity contribution in [3.8, 4) is 0 Å². The summed E-state index contributed by atoms with van der Waals surface area (Å²) in [5.41, 5.74) is 0. The van der Waals surface area contributed by atoms with Gasteiger partial charge in [-0.1, -0.05) is 168 Å². The molecule has 0 spiro atoms. The van der Waals surface area contributed by atoms with Crippen molar-refractivity contribution in [2.75, 3.05) is 6.54 Å². The molecule has 259 valence electrons. The molecule has 1 N–H and O–H groups in total. The van der Waals surface area contributed by atoms with E-state index in [0.29, 0.717) is 19.4 Å².